The molecule has 3 aromatic carbocycles. The predicted octanol–water partition coefficient (Wildman–Crippen LogP) is 2.32. The average molecular weight is 456 g/mol. The first kappa shape index (κ1) is 23.2. The maximum absolute atomic E-state index is 12.9. The summed E-state index contributed by atoms with van der Waals surface area (Å²) in [4.78, 5) is 24.9. The van der Waals surface area contributed by atoms with Crippen LogP contribution in [0.5, 0.6) is 5.75 Å². The summed E-state index contributed by atoms with van der Waals surface area (Å²) >= 11 is 0. The summed E-state index contributed by atoms with van der Waals surface area (Å²) in [6, 6.07) is 16.9. The highest BCUT2D eigenvalue weighted by Gasteiger charge is 2.16. The Balaban J connectivity index is 1.79. The zero-order valence-electron chi connectivity index (χ0n) is 17.8. The van der Waals surface area contributed by atoms with Gasteiger partial charge in [0.05, 0.1) is 10.5 Å². The molecule has 0 aromatic heterocycles. The zero-order chi connectivity index (χ0) is 23.3. The molecule has 0 aliphatic heterocycles. The van der Waals surface area contributed by atoms with Gasteiger partial charge in [0.25, 0.3) is 11.8 Å². The second-order valence-corrected chi connectivity index (χ2v) is 9.14. The van der Waals surface area contributed by atoms with Crippen molar-refractivity contribution < 1.29 is 22.7 Å². The summed E-state index contributed by atoms with van der Waals surface area (Å²) in [5, 5.41) is 12.4. The molecule has 0 fully saturated rings. The number of carbonyl (C=O) groups is 2. The second kappa shape index (κ2) is 9.80. The highest BCUT2D eigenvalue weighted by atomic mass is 32.2. The van der Waals surface area contributed by atoms with Crippen LogP contribution in [-0.2, 0) is 21.4 Å². The Morgan fingerprint density at radius 2 is 1.62 bits per heavy atom. The maximum atomic E-state index is 12.9. The number of hydrogen-bond acceptors (Lipinski definition) is 5. The lowest BCUT2D eigenvalue weighted by atomic mass is 10.1. The van der Waals surface area contributed by atoms with Gasteiger partial charge in [0, 0.05) is 12.6 Å². The molecule has 0 spiro atoms. The average Bonchev–Trinajstić information content (AvgIpc) is 2.74. The van der Waals surface area contributed by atoms with E-state index in [1.165, 1.54) is 12.1 Å². The minimum Gasteiger partial charge on any atom is -0.483 e. The minimum absolute atomic E-state index is 0.00235. The largest absolute Gasteiger partial charge is 0.483 e. The number of amides is 2. The van der Waals surface area contributed by atoms with Crippen LogP contribution in [0.2, 0.25) is 0 Å². The Kier molecular flexibility index (Phi) is 7.12. The molecule has 3 rings (SSSR count). The third-order valence-corrected chi connectivity index (χ3v) is 5.54. The van der Waals surface area contributed by atoms with Crippen LogP contribution < -0.4 is 20.5 Å². The van der Waals surface area contributed by atoms with Crippen molar-refractivity contribution in [2.45, 2.75) is 31.3 Å². The first-order valence-electron chi connectivity index (χ1n) is 9.98. The van der Waals surface area contributed by atoms with Crippen LogP contribution in [0.25, 0.3) is 10.8 Å². The molecule has 0 unspecified atom stereocenters. The van der Waals surface area contributed by atoms with Crippen molar-refractivity contribution in [1.82, 2.24) is 10.6 Å². The molecule has 0 radical (unpaired) electrons. The van der Waals surface area contributed by atoms with Gasteiger partial charge in [-0.05, 0) is 54.4 Å². The topological polar surface area (TPSA) is 128 Å². The van der Waals surface area contributed by atoms with Crippen LogP contribution in [0, 0.1) is 0 Å². The molecule has 4 N–H and O–H groups in total. The van der Waals surface area contributed by atoms with E-state index in [2.05, 4.69) is 10.6 Å². The fraction of sp³-hybridized carbons (Fsp3) is 0.217. The zero-order valence-corrected chi connectivity index (χ0v) is 18.6. The van der Waals surface area contributed by atoms with Gasteiger partial charge < -0.3 is 15.4 Å². The quantitative estimate of drug-likeness (QED) is 0.480. The van der Waals surface area contributed by atoms with Crippen molar-refractivity contribution in [2.75, 3.05) is 6.61 Å². The van der Waals surface area contributed by atoms with E-state index in [9.17, 15) is 18.0 Å². The van der Waals surface area contributed by atoms with Gasteiger partial charge in [0.1, 0.15) is 5.75 Å². The molecule has 0 aliphatic rings. The Labute approximate surface area is 186 Å². The van der Waals surface area contributed by atoms with E-state index in [4.69, 9.17) is 9.88 Å². The van der Waals surface area contributed by atoms with Gasteiger partial charge >= 0.3 is 0 Å². The Morgan fingerprint density at radius 3 is 2.22 bits per heavy atom. The monoisotopic (exact) mass is 455 g/mol. The number of fused-ring (bicyclic) bond motifs is 1. The number of nitrogens with one attached hydrogen (secondary N) is 2. The highest BCUT2D eigenvalue weighted by Crippen LogP contribution is 2.26. The molecule has 32 heavy (non-hydrogen) atoms. The molecule has 9 heteroatoms. The van der Waals surface area contributed by atoms with Crippen LogP contribution in [0.15, 0.2) is 65.6 Å². The number of hydrogen-bond donors (Lipinski definition) is 3. The van der Waals surface area contributed by atoms with Gasteiger partial charge in [-0.15, -0.1) is 0 Å². The smallest absolute Gasteiger partial charge is 0.258 e. The molecule has 0 saturated carbocycles. The van der Waals surface area contributed by atoms with E-state index in [0.717, 1.165) is 10.8 Å². The molecule has 2 amide bonds. The van der Waals surface area contributed by atoms with Crippen LogP contribution >= 0.6 is 0 Å². The van der Waals surface area contributed by atoms with Crippen LogP contribution in [0.4, 0.5) is 0 Å². The Morgan fingerprint density at radius 1 is 1.00 bits per heavy atom. The van der Waals surface area contributed by atoms with E-state index in [1.807, 2.05) is 38.1 Å². The molecular formula is C23H25N3O5S. The van der Waals surface area contributed by atoms with Crippen molar-refractivity contribution >= 4 is 32.6 Å². The Bertz CT molecular complexity index is 1240. The number of benzene rings is 3. The fourth-order valence-corrected chi connectivity index (χ4v) is 3.61. The summed E-state index contributed by atoms with van der Waals surface area (Å²) in [7, 11) is -3.78. The number of primary sulfonamides is 1. The molecular weight excluding hydrogens is 430 g/mol. The molecule has 0 atom stereocenters. The standard InChI is InChI=1S/C23H25N3O5S/c1-15(2)26-22(27)14-31-21-12-18-6-4-3-5-17(18)11-20(21)23(28)25-13-16-7-9-19(10-8-16)32(24,29)30/h3-12,15H,13-14H2,1-2H3,(H,25,28)(H,26,27)(H2,24,29,30). The van der Waals surface area contributed by atoms with Crippen molar-refractivity contribution in [3.05, 3.63) is 71.8 Å². The van der Waals surface area contributed by atoms with Crippen molar-refractivity contribution in [2.24, 2.45) is 5.14 Å². The van der Waals surface area contributed by atoms with Crippen LogP contribution in [-0.4, -0.2) is 32.9 Å². The number of nitrogens with two attached hydrogens (primary N) is 1. The van der Waals surface area contributed by atoms with Gasteiger partial charge in [0.15, 0.2) is 6.61 Å². The number of ether oxygens (including phenoxy) is 1. The number of carbonyl (C=O) groups excluding carboxylic acids is 2. The van der Waals surface area contributed by atoms with Gasteiger partial charge in [-0.1, -0.05) is 36.4 Å². The summed E-state index contributed by atoms with van der Waals surface area (Å²) in [5.41, 5.74) is 0.993. The third kappa shape index (κ3) is 6.05. The fourth-order valence-electron chi connectivity index (χ4n) is 3.10. The van der Waals surface area contributed by atoms with Crippen molar-refractivity contribution in [3.63, 3.8) is 0 Å². The normalized spacial score (nSPS) is 11.4. The molecule has 0 saturated heterocycles. The SMILES string of the molecule is CC(C)NC(=O)COc1cc2ccccc2cc1C(=O)NCc1ccc(S(N)(=O)=O)cc1. The van der Waals surface area contributed by atoms with Gasteiger partial charge in [0.2, 0.25) is 10.0 Å². The predicted molar refractivity (Wildman–Crippen MR) is 122 cm³/mol. The summed E-state index contributed by atoms with van der Waals surface area (Å²) in [5.74, 6) is -0.371. The molecule has 3 aromatic rings. The van der Waals surface area contributed by atoms with E-state index in [-0.39, 0.29) is 35.9 Å². The van der Waals surface area contributed by atoms with Gasteiger partial charge in [-0.2, -0.15) is 0 Å². The van der Waals surface area contributed by atoms with E-state index in [0.29, 0.717) is 16.9 Å². The van der Waals surface area contributed by atoms with Crippen molar-refractivity contribution in [3.8, 4) is 5.75 Å². The lowest BCUT2D eigenvalue weighted by Crippen LogP contribution is -2.34. The summed E-state index contributed by atoms with van der Waals surface area (Å²) < 4.78 is 28.4. The summed E-state index contributed by atoms with van der Waals surface area (Å²) in [6.07, 6.45) is 0. The maximum Gasteiger partial charge on any atom is 0.258 e. The highest BCUT2D eigenvalue weighted by molar-refractivity contribution is 7.89. The lowest BCUT2D eigenvalue weighted by molar-refractivity contribution is -0.123. The van der Waals surface area contributed by atoms with Crippen LogP contribution in [0.3, 0.4) is 0 Å². The molecule has 8 nitrogen and oxygen atoms in total. The number of rotatable bonds is 8. The first-order valence-corrected chi connectivity index (χ1v) is 11.5. The Hall–Kier alpha value is -3.43. The molecule has 168 valence electrons. The molecule has 0 aliphatic carbocycles. The van der Waals surface area contributed by atoms with Gasteiger partial charge in [-0.25, -0.2) is 13.6 Å². The van der Waals surface area contributed by atoms with Crippen molar-refractivity contribution in [1.29, 1.82) is 0 Å². The van der Waals surface area contributed by atoms with Gasteiger partial charge in [-0.3, -0.25) is 9.59 Å². The van der Waals surface area contributed by atoms with E-state index < -0.39 is 10.0 Å². The number of sulfonamides is 1. The third-order valence-electron chi connectivity index (χ3n) is 4.61. The van der Waals surface area contributed by atoms with E-state index in [1.54, 1.807) is 24.3 Å². The first-order chi connectivity index (χ1) is 15.1. The lowest BCUT2D eigenvalue weighted by Gasteiger charge is -2.14. The molecule has 0 heterocycles. The summed E-state index contributed by atoms with van der Waals surface area (Å²) in [6.45, 7) is 3.65. The van der Waals surface area contributed by atoms with E-state index >= 15 is 0 Å². The molecule has 0 bridgehead atoms. The van der Waals surface area contributed by atoms with Crippen LogP contribution in [0.1, 0.15) is 29.8 Å². The second-order valence-electron chi connectivity index (χ2n) is 7.58. The minimum atomic E-state index is -3.78.